The van der Waals surface area contributed by atoms with Crippen LogP contribution in [-0.2, 0) is 9.59 Å². The highest BCUT2D eigenvalue weighted by atomic mass is 32.1. The van der Waals surface area contributed by atoms with Gasteiger partial charge in [-0.15, -0.1) is 11.3 Å². The maximum atomic E-state index is 12.3. The second kappa shape index (κ2) is 4.53. The highest BCUT2D eigenvalue weighted by molar-refractivity contribution is 7.21. The number of rotatable bonds is 1. The van der Waals surface area contributed by atoms with Crippen LogP contribution in [-0.4, -0.2) is 45.7 Å². The number of nitrogen functional groups attached to an aromatic ring is 1. The molecule has 3 rings (SSSR count). The first-order valence-electron chi connectivity index (χ1n) is 5.67. The van der Waals surface area contributed by atoms with E-state index in [9.17, 15) is 14.4 Å². The van der Waals surface area contributed by atoms with Gasteiger partial charge in [-0.1, -0.05) is 0 Å². The van der Waals surface area contributed by atoms with Crippen molar-refractivity contribution in [1.82, 2.24) is 20.2 Å². The van der Waals surface area contributed by atoms with Gasteiger partial charge in [0.15, 0.2) is 0 Å². The van der Waals surface area contributed by atoms with Gasteiger partial charge in [-0.2, -0.15) is 0 Å². The summed E-state index contributed by atoms with van der Waals surface area (Å²) in [6, 6.07) is 0. The van der Waals surface area contributed by atoms with E-state index in [-0.39, 0.29) is 23.7 Å². The molecule has 1 fully saturated rings. The van der Waals surface area contributed by atoms with E-state index in [0.29, 0.717) is 10.3 Å². The zero-order valence-electron chi connectivity index (χ0n) is 10.1. The fraction of sp³-hybridized carbons (Fsp3) is 0.182. The molecule has 0 aliphatic carbocycles. The molecule has 0 unspecified atom stereocenters. The van der Waals surface area contributed by atoms with Crippen molar-refractivity contribution in [3.8, 4) is 0 Å². The second-order valence-corrected chi connectivity index (χ2v) is 5.19. The second-order valence-electron chi connectivity index (χ2n) is 4.19. The Balaban J connectivity index is 1.98. The molecular weight excluding hydrogens is 282 g/mol. The highest BCUT2D eigenvalue weighted by Gasteiger charge is 2.30. The van der Waals surface area contributed by atoms with E-state index in [0.717, 1.165) is 16.2 Å². The van der Waals surface area contributed by atoms with Crippen molar-refractivity contribution in [1.29, 1.82) is 0 Å². The molecule has 3 amide bonds. The van der Waals surface area contributed by atoms with E-state index in [4.69, 9.17) is 5.73 Å². The summed E-state index contributed by atoms with van der Waals surface area (Å²) in [5.41, 5.74) is 6.57. The highest BCUT2D eigenvalue weighted by Crippen LogP contribution is 2.31. The Hall–Kier alpha value is -2.55. The molecule has 3 N–H and O–H groups in total. The lowest BCUT2D eigenvalue weighted by atomic mass is 10.3. The molecule has 0 bridgehead atoms. The fourth-order valence-electron chi connectivity index (χ4n) is 1.93. The van der Waals surface area contributed by atoms with E-state index in [2.05, 4.69) is 15.3 Å². The van der Waals surface area contributed by atoms with E-state index < -0.39 is 17.7 Å². The zero-order valence-corrected chi connectivity index (χ0v) is 10.9. The third-order valence-corrected chi connectivity index (χ3v) is 3.88. The first kappa shape index (κ1) is 12.5. The van der Waals surface area contributed by atoms with Crippen molar-refractivity contribution >= 4 is 45.1 Å². The maximum Gasteiger partial charge on any atom is 0.267 e. The van der Waals surface area contributed by atoms with Gasteiger partial charge >= 0.3 is 0 Å². The fourth-order valence-corrected chi connectivity index (χ4v) is 2.92. The van der Waals surface area contributed by atoms with Gasteiger partial charge in [0, 0.05) is 12.4 Å². The molecule has 2 aromatic heterocycles. The number of carbonyl (C=O) groups excluding carboxylic acids is 3. The third-order valence-electron chi connectivity index (χ3n) is 2.79. The average molecular weight is 291 g/mol. The van der Waals surface area contributed by atoms with E-state index in [1.54, 1.807) is 0 Å². The summed E-state index contributed by atoms with van der Waals surface area (Å²) in [4.78, 5) is 45.0. The number of nitrogens with one attached hydrogen (secondary N) is 1. The summed E-state index contributed by atoms with van der Waals surface area (Å²) in [5, 5.41) is 2.13. The van der Waals surface area contributed by atoms with E-state index in [1.807, 2.05) is 0 Å². The molecule has 1 saturated heterocycles. The summed E-state index contributed by atoms with van der Waals surface area (Å²) in [6.45, 7) is -0.335. The Morgan fingerprint density at radius 1 is 1.25 bits per heavy atom. The van der Waals surface area contributed by atoms with Crippen LogP contribution >= 0.6 is 11.3 Å². The minimum Gasteiger partial charge on any atom is -0.396 e. The molecule has 0 atom stereocenters. The summed E-state index contributed by atoms with van der Waals surface area (Å²) in [6.07, 6.45) is 2.99. The standard InChI is InChI=1S/C11H9N5O3S/c12-7-8-10(14-2-1-13-8)20-9(7)11(19)16-3-5(17)15-6(18)4-16/h1-2H,3-4,12H2,(H,15,17,18). The predicted molar refractivity (Wildman–Crippen MR) is 70.9 cm³/mol. The number of nitrogens with two attached hydrogens (primary N) is 1. The molecule has 20 heavy (non-hydrogen) atoms. The number of hydrogen-bond donors (Lipinski definition) is 2. The van der Waals surface area contributed by atoms with Crippen molar-refractivity contribution in [3.05, 3.63) is 17.3 Å². The number of thiophene rings is 1. The first-order chi connectivity index (χ1) is 9.56. The van der Waals surface area contributed by atoms with Crippen LogP contribution < -0.4 is 11.1 Å². The minimum absolute atomic E-state index is 0.168. The number of nitrogens with zero attached hydrogens (tertiary/aromatic N) is 3. The zero-order chi connectivity index (χ0) is 14.3. The molecule has 0 aromatic carbocycles. The molecule has 1 aliphatic heterocycles. The van der Waals surface area contributed by atoms with Gasteiger partial charge in [-0.05, 0) is 0 Å². The molecule has 9 heteroatoms. The maximum absolute atomic E-state index is 12.3. The Morgan fingerprint density at radius 2 is 1.90 bits per heavy atom. The van der Waals surface area contributed by atoms with Crippen molar-refractivity contribution < 1.29 is 14.4 Å². The van der Waals surface area contributed by atoms with Gasteiger partial charge in [0.05, 0.1) is 5.69 Å². The van der Waals surface area contributed by atoms with Gasteiger partial charge in [0.25, 0.3) is 5.91 Å². The summed E-state index contributed by atoms with van der Waals surface area (Å²) in [5.74, 6) is -1.48. The number of carbonyl (C=O) groups is 3. The van der Waals surface area contributed by atoms with Gasteiger partial charge < -0.3 is 10.6 Å². The monoisotopic (exact) mass is 291 g/mol. The van der Waals surface area contributed by atoms with Crippen LogP contribution in [0.5, 0.6) is 0 Å². The Labute approximate surface area is 116 Å². The van der Waals surface area contributed by atoms with Gasteiger partial charge in [-0.3, -0.25) is 19.7 Å². The SMILES string of the molecule is Nc1c(C(=O)N2CC(=O)NC(=O)C2)sc2nccnc12. The Bertz CT molecular complexity index is 725. The number of piperazine rings is 1. The topological polar surface area (TPSA) is 118 Å². The lowest BCUT2D eigenvalue weighted by molar-refractivity contribution is -0.135. The number of amides is 3. The lowest BCUT2D eigenvalue weighted by Crippen LogP contribution is -2.53. The van der Waals surface area contributed by atoms with Crippen molar-refractivity contribution in [3.63, 3.8) is 0 Å². The summed E-state index contributed by atoms with van der Waals surface area (Å²) < 4.78 is 0. The van der Waals surface area contributed by atoms with Crippen molar-refractivity contribution in [2.24, 2.45) is 0 Å². The van der Waals surface area contributed by atoms with E-state index in [1.165, 1.54) is 12.4 Å². The summed E-state index contributed by atoms with van der Waals surface area (Å²) >= 11 is 1.10. The Morgan fingerprint density at radius 3 is 2.55 bits per heavy atom. The number of aromatic nitrogens is 2. The molecule has 0 spiro atoms. The quantitative estimate of drug-likeness (QED) is 0.675. The molecule has 102 valence electrons. The van der Waals surface area contributed by atoms with Crippen LogP contribution in [0.1, 0.15) is 9.67 Å². The molecular formula is C11H9N5O3S. The van der Waals surface area contributed by atoms with Crippen LogP contribution in [0.2, 0.25) is 0 Å². The minimum atomic E-state index is -0.509. The van der Waals surface area contributed by atoms with Crippen molar-refractivity contribution in [2.45, 2.75) is 0 Å². The molecule has 0 saturated carbocycles. The van der Waals surface area contributed by atoms with E-state index >= 15 is 0 Å². The number of anilines is 1. The largest absolute Gasteiger partial charge is 0.396 e. The average Bonchev–Trinajstić information content (AvgIpc) is 2.75. The van der Waals surface area contributed by atoms with Crippen molar-refractivity contribution in [2.75, 3.05) is 18.8 Å². The van der Waals surface area contributed by atoms with Crippen LogP contribution in [0.25, 0.3) is 10.3 Å². The Kier molecular flexibility index (Phi) is 2.83. The molecule has 0 radical (unpaired) electrons. The molecule has 8 nitrogen and oxygen atoms in total. The summed E-state index contributed by atoms with van der Waals surface area (Å²) in [7, 11) is 0. The predicted octanol–water partition coefficient (Wildman–Crippen LogP) is -0.628. The lowest BCUT2D eigenvalue weighted by Gasteiger charge is -2.24. The molecule has 1 aliphatic rings. The van der Waals surface area contributed by atoms with Gasteiger partial charge in [0.2, 0.25) is 11.8 Å². The number of imide groups is 1. The normalized spacial score (nSPS) is 15.5. The van der Waals surface area contributed by atoms with Crippen LogP contribution in [0.15, 0.2) is 12.4 Å². The molecule has 3 heterocycles. The van der Waals surface area contributed by atoms with Gasteiger partial charge in [0.1, 0.15) is 28.3 Å². The van der Waals surface area contributed by atoms with Gasteiger partial charge in [-0.25, -0.2) is 9.97 Å². The first-order valence-corrected chi connectivity index (χ1v) is 6.49. The third kappa shape index (κ3) is 1.97. The van der Waals surface area contributed by atoms with Crippen LogP contribution in [0.3, 0.4) is 0 Å². The van der Waals surface area contributed by atoms with Crippen LogP contribution in [0, 0.1) is 0 Å². The van der Waals surface area contributed by atoms with Crippen LogP contribution in [0.4, 0.5) is 5.69 Å². The number of hydrogen-bond acceptors (Lipinski definition) is 7. The smallest absolute Gasteiger partial charge is 0.267 e. The number of fused-ring (bicyclic) bond motifs is 1. The molecule has 2 aromatic rings.